The summed E-state index contributed by atoms with van der Waals surface area (Å²) < 4.78 is 0. The SMILES string of the molecule is Cc1cccc2c(=O)[nH]c(CN3CC(O)C3)nc12. The molecule has 0 atom stereocenters. The van der Waals surface area contributed by atoms with Crippen LogP contribution in [0.3, 0.4) is 0 Å². The highest BCUT2D eigenvalue weighted by Crippen LogP contribution is 2.14. The van der Waals surface area contributed by atoms with Gasteiger partial charge < -0.3 is 10.1 Å². The Morgan fingerprint density at radius 2 is 2.28 bits per heavy atom. The number of likely N-dealkylation sites (tertiary alicyclic amines) is 1. The molecule has 1 aliphatic heterocycles. The molecule has 3 rings (SSSR count). The van der Waals surface area contributed by atoms with Gasteiger partial charge in [0.25, 0.3) is 5.56 Å². The van der Waals surface area contributed by atoms with Crippen molar-refractivity contribution in [2.45, 2.75) is 19.6 Å². The minimum absolute atomic E-state index is 0.0974. The van der Waals surface area contributed by atoms with Crippen LogP contribution in [0.4, 0.5) is 0 Å². The fraction of sp³-hybridized carbons (Fsp3) is 0.385. The summed E-state index contributed by atoms with van der Waals surface area (Å²) in [6.07, 6.45) is -0.237. The molecule has 1 fully saturated rings. The van der Waals surface area contributed by atoms with E-state index in [2.05, 4.69) is 9.97 Å². The van der Waals surface area contributed by atoms with E-state index in [9.17, 15) is 9.90 Å². The maximum absolute atomic E-state index is 11.9. The van der Waals surface area contributed by atoms with E-state index in [4.69, 9.17) is 0 Å². The molecule has 0 aliphatic carbocycles. The number of H-pyrrole nitrogens is 1. The summed E-state index contributed by atoms with van der Waals surface area (Å²) in [6, 6.07) is 5.59. The van der Waals surface area contributed by atoms with Crippen molar-refractivity contribution < 1.29 is 5.11 Å². The quantitative estimate of drug-likeness (QED) is 0.804. The van der Waals surface area contributed by atoms with Crippen LogP contribution in [0.5, 0.6) is 0 Å². The fourth-order valence-electron chi connectivity index (χ4n) is 2.31. The normalized spacial score (nSPS) is 17.0. The van der Waals surface area contributed by atoms with Crippen molar-refractivity contribution >= 4 is 10.9 Å². The maximum atomic E-state index is 11.9. The largest absolute Gasteiger partial charge is 0.390 e. The van der Waals surface area contributed by atoms with E-state index < -0.39 is 0 Å². The number of fused-ring (bicyclic) bond motifs is 1. The first-order chi connectivity index (χ1) is 8.63. The van der Waals surface area contributed by atoms with Gasteiger partial charge in [0.15, 0.2) is 0 Å². The van der Waals surface area contributed by atoms with Gasteiger partial charge in [-0.2, -0.15) is 0 Å². The van der Waals surface area contributed by atoms with Crippen LogP contribution in [0.2, 0.25) is 0 Å². The smallest absolute Gasteiger partial charge is 0.258 e. The third-order valence-corrected chi connectivity index (χ3v) is 3.30. The minimum Gasteiger partial charge on any atom is -0.390 e. The van der Waals surface area contributed by atoms with Gasteiger partial charge in [-0.15, -0.1) is 0 Å². The summed E-state index contributed by atoms with van der Waals surface area (Å²) in [5.41, 5.74) is 1.67. The Kier molecular flexibility index (Phi) is 2.65. The van der Waals surface area contributed by atoms with E-state index in [1.165, 1.54) is 0 Å². The predicted octanol–water partition coefficient (Wildman–Crippen LogP) is 0.408. The molecule has 18 heavy (non-hydrogen) atoms. The number of para-hydroxylation sites is 1. The molecule has 1 saturated heterocycles. The van der Waals surface area contributed by atoms with Crippen LogP contribution in [0.15, 0.2) is 23.0 Å². The highest BCUT2D eigenvalue weighted by molar-refractivity contribution is 5.80. The molecule has 0 spiro atoms. The average molecular weight is 245 g/mol. The summed E-state index contributed by atoms with van der Waals surface area (Å²) in [7, 11) is 0. The second-order valence-corrected chi connectivity index (χ2v) is 4.83. The number of aryl methyl sites for hydroxylation is 1. The zero-order valence-corrected chi connectivity index (χ0v) is 10.2. The molecule has 1 aromatic heterocycles. The van der Waals surface area contributed by atoms with Crippen molar-refractivity contribution in [1.29, 1.82) is 0 Å². The van der Waals surface area contributed by atoms with Gasteiger partial charge in [0.1, 0.15) is 5.82 Å². The van der Waals surface area contributed by atoms with Crippen molar-refractivity contribution in [3.05, 3.63) is 39.9 Å². The summed E-state index contributed by atoms with van der Waals surface area (Å²) in [4.78, 5) is 21.3. The van der Waals surface area contributed by atoms with Gasteiger partial charge in [0.2, 0.25) is 0 Å². The predicted molar refractivity (Wildman–Crippen MR) is 68.4 cm³/mol. The van der Waals surface area contributed by atoms with Crippen molar-refractivity contribution in [1.82, 2.24) is 14.9 Å². The standard InChI is InChI=1S/C13H15N3O2/c1-8-3-2-4-10-12(8)14-11(15-13(10)18)7-16-5-9(17)6-16/h2-4,9,17H,5-7H2,1H3,(H,14,15,18). The average Bonchev–Trinajstić information content (AvgIpc) is 2.29. The van der Waals surface area contributed by atoms with E-state index in [1.54, 1.807) is 6.07 Å². The molecule has 2 N–H and O–H groups in total. The Morgan fingerprint density at radius 3 is 3.00 bits per heavy atom. The highest BCUT2D eigenvalue weighted by atomic mass is 16.3. The third-order valence-electron chi connectivity index (χ3n) is 3.30. The van der Waals surface area contributed by atoms with E-state index in [0.29, 0.717) is 30.8 Å². The number of aromatic nitrogens is 2. The number of β-amino-alcohol motifs (C(OH)–C–C–N with tert-alkyl or cyclic N) is 1. The van der Waals surface area contributed by atoms with Gasteiger partial charge in [0, 0.05) is 13.1 Å². The molecule has 94 valence electrons. The first kappa shape index (κ1) is 11.4. The van der Waals surface area contributed by atoms with Crippen LogP contribution in [-0.4, -0.2) is 39.2 Å². The van der Waals surface area contributed by atoms with Gasteiger partial charge in [0.05, 0.1) is 23.6 Å². The van der Waals surface area contributed by atoms with Gasteiger partial charge in [-0.1, -0.05) is 12.1 Å². The van der Waals surface area contributed by atoms with Crippen molar-refractivity contribution in [3.63, 3.8) is 0 Å². The van der Waals surface area contributed by atoms with Crippen LogP contribution in [0.1, 0.15) is 11.4 Å². The molecule has 2 aromatic rings. The molecule has 0 unspecified atom stereocenters. The van der Waals surface area contributed by atoms with E-state index in [-0.39, 0.29) is 11.7 Å². The lowest BCUT2D eigenvalue weighted by molar-refractivity contribution is -0.00425. The van der Waals surface area contributed by atoms with Gasteiger partial charge >= 0.3 is 0 Å². The Bertz CT molecular complexity index is 644. The topological polar surface area (TPSA) is 69.2 Å². The molecule has 0 bridgehead atoms. The van der Waals surface area contributed by atoms with Crippen LogP contribution in [0.25, 0.3) is 10.9 Å². The second kappa shape index (κ2) is 4.19. The van der Waals surface area contributed by atoms with Crippen molar-refractivity contribution in [3.8, 4) is 0 Å². The summed E-state index contributed by atoms with van der Waals surface area (Å²) in [5, 5.41) is 9.86. The van der Waals surface area contributed by atoms with Gasteiger partial charge in [-0.3, -0.25) is 9.69 Å². The third kappa shape index (κ3) is 1.91. The number of hydrogen-bond donors (Lipinski definition) is 2. The molecule has 0 radical (unpaired) electrons. The monoisotopic (exact) mass is 245 g/mol. The zero-order chi connectivity index (χ0) is 12.7. The first-order valence-corrected chi connectivity index (χ1v) is 6.02. The van der Waals surface area contributed by atoms with Gasteiger partial charge in [-0.25, -0.2) is 4.98 Å². The fourth-order valence-corrected chi connectivity index (χ4v) is 2.31. The number of aromatic amines is 1. The molecule has 5 heteroatoms. The lowest BCUT2D eigenvalue weighted by Gasteiger charge is -2.35. The van der Waals surface area contributed by atoms with E-state index in [1.807, 2.05) is 24.0 Å². The number of aliphatic hydroxyl groups is 1. The number of nitrogens with zero attached hydrogens (tertiary/aromatic N) is 2. The van der Waals surface area contributed by atoms with E-state index >= 15 is 0 Å². The van der Waals surface area contributed by atoms with Crippen LogP contribution in [0, 0.1) is 6.92 Å². The van der Waals surface area contributed by atoms with Crippen molar-refractivity contribution in [2.75, 3.05) is 13.1 Å². The summed E-state index contributed by atoms with van der Waals surface area (Å²) in [6.45, 7) is 3.83. The second-order valence-electron chi connectivity index (χ2n) is 4.83. The molecular formula is C13H15N3O2. The van der Waals surface area contributed by atoms with Crippen molar-refractivity contribution in [2.24, 2.45) is 0 Å². The first-order valence-electron chi connectivity index (χ1n) is 6.02. The zero-order valence-electron chi connectivity index (χ0n) is 10.2. The number of benzene rings is 1. The Labute approximate surface area is 104 Å². The molecule has 0 amide bonds. The molecule has 1 aromatic carbocycles. The molecule has 5 nitrogen and oxygen atoms in total. The minimum atomic E-state index is -0.237. The van der Waals surface area contributed by atoms with E-state index in [0.717, 1.165) is 11.1 Å². The Morgan fingerprint density at radius 1 is 1.50 bits per heavy atom. The lowest BCUT2D eigenvalue weighted by Crippen LogP contribution is -2.50. The number of aliphatic hydroxyl groups excluding tert-OH is 1. The highest BCUT2D eigenvalue weighted by Gasteiger charge is 2.24. The van der Waals surface area contributed by atoms with Gasteiger partial charge in [-0.05, 0) is 18.6 Å². The van der Waals surface area contributed by atoms with Crippen LogP contribution >= 0.6 is 0 Å². The molecule has 0 saturated carbocycles. The Balaban J connectivity index is 1.99. The molecule has 1 aliphatic rings. The van der Waals surface area contributed by atoms with Crippen LogP contribution in [-0.2, 0) is 6.54 Å². The molecule has 2 heterocycles. The number of nitrogens with one attached hydrogen (secondary N) is 1. The summed E-state index contributed by atoms with van der Waals surface area (Å²) >= 11 is 0. The molecular weight excluding hydrogens is 230 g/mol. The number of hydrogen-bond acceptors (Lipinski definition) is 4. The lowest BCUT2D eigenvalue weighted by atomic mass is 10.1. The summed E-state index contributed by atoms with van der Waals surface area (Å²) in [5.74, 6) is 0.661. The maximum Gasteiger partial charge on any atom is 0.258 e. The number of rotatable bonds is 2. The Hall–Kier alpha value is -1.72. The van der Waals surface area contributed by atoms with Crippen LogP contribution < -0.4 is 5.56 Å².